The number of carbonyl (C=O) groups excluding carboxylic acids is 5. The number of rotatable bonds is 43. The minimum atomic E-state index is -1.41. The number of nitrogens with one attached hydrogen (secondary N) is 1. The molecule has 1 amide bonds. The van der Waals surface area contributed by atoms with E-state index in [9.17, 15) is 24.0 Å². The molecule has 0 saturated carbocycles. The molecule has 1 aromatic carbocycles. The van der Waals surface area contributed by atoms with Crippen molar-refractivity contribution in [3.05, 3.63) is 35.9 Å². The third kappa shape index (κ3) is 38.5. The van der Waals surface area contributed by atoms with Gasteiger partial charge >= 0.3 is 30.0 Å². The summed E-state index contributed by atoms with van der Waals surface area (Å²) in [6.07, 6.45) is 34.7. The van der Waals surface area contributed by atoms with Gasteiger partial charge in [0, 0.05) is 12.8 Å². The van der Waals surface area contributed by atoms with Crippen molar-refractivity contribution in [2.45, 2.75) is 271 Å². The highest BCUT2D eigenvalue weighted by atomic mass is 16.6. The first kappa shape index (κ1) is 60.4. The summed E-state index contributed by atoms with van der Waals surface area (Å²) in [6, 6.07) is 7.61. The van der Waals surface area contributed by atoms with Crippen LogP contribution in [-0.2, 0) is 49.5 Å². The van der Waals surface area contributed by atoms with Crippen molar-refractivity contribution in [2.75, 3.05) is 13.2 Å². The fourth-order valence-corrected chi connectivity index (χ4v) is 7.78. The molecule has 2 atom stereocenters. The van der Waals surface area contributed by atoms with E-state index in [1.54, 1.807) is 45.0 Å². The van der Waals surface area contributed by atoms with Crippen molar-refractivity contribution < 1.29 is 47.7 Å². The van der Waals surface area contributed by atoms with Gasteiger partial charge in [-0.3, -0.25) is 14.4 Å². The maximum Gasteiger partial charge on any atom is 0.408 e. The Morgan fingerprint density at radius 2 is 0.864 bits per heavy atom. The minimum Gasteiger partial charge on any atom is -0.462 e. The topological polar surface area (TPSA) is 144 Å². The molecule has 2 unspecified atom stereocenters. The molecule has 0 heterocycles. The van der Waals surface area contributed by atoms with Gasteiger partial charge in [-0.15, -0.1) is 0 Å². The van der Waals surface area contributed by atoms with E-state index in [1.165, 1.54) is 141 Å². The first-order valence-corrected chi connectivity index (χ1v) is 26.6. The number of unbranched alkanes of at least 4 members (excludes halogenated alkanes) is 28. The van der Waals surface area contributed by atoms with E-state index in [1.807, 2.05) is 6.07 Å². The monoisotopic (exact) mass is 930 g/mol. The minimum absolute atomic E-state index is 0.0661. The molecule has 0 radical (unpaired) electrons. The van der Waals surface area contributed by atoms with Crippen LogP contribution in [-0.4, -0.2) is 60.9 Å². The molecule has 1 aromatic rings. The van der Waals surface area contributed by atoms with E-state index < -0.39 is 60.7 Å². The Balaban J connectivity index is 2.59. The van der Waals surface area contributed by atoms with Gasteiger partial charge in [0.1, 0.15) is 31.5 Å². The molecule has 66 heavy (non-hydrogen) atoms. The highest BCUT2D eigenvalue weighted by Gasteiger charge is 2.29. The lowest BCUT2D eigenvalue weighted by Crippen LogP contribution is -2.45. The molecule has 11 heteroatoms. The van der Waals surface area contributed by atoms with Gasteiger partial charge in [0.2, 0.25) is 0 Å². The zero-order valence-electron chi connectivity index (χ0n) is 42.6. The molecule has 380 valence electrons. The highest BCUT2D eigenvalue weighted by molar-refractivity contribution is 5.86. The first-order valence-electron chi connectivity index (χ1n) is 26.6. The zero-order valence-corrected chi connectivity index (χ0v) is 42.6. The van der Waals surface area contributed by atoms with Crippen LogP contribution in [0.2, 0.25) is 0 Å². The zero-order chi connectivity index (χ0) is 48.4. The molecule has 1 rings (SSSR count). The maximum atomic E-state index is 13.2. The molecule has 0 spiro atoms. The SMILES string of the molecule is CCCCCCCCCCCCCCCCCC(=O)OCC(COC(=O)CC(NC(=O)OC(C)(C)C)C(=O)OCc1ccccc1)OC(=O)CCCCCCCCCCCCCCCCC. The number of carbonyl (C=O) groups is 5. The summed E-state index contributed by atoms with van der Waals surface area (Å²) in [4.78, 5) is 64.6. The van der Waals surface area contributed by atoms with E-state index in [0.29, 0.717) is 12.8 Å². The fraction of sp³-hybridized carbons (Fsp3) is 0.800. The third-order valence-electron chi connectivity index (χ3n) is 11.7. The lowest BCUT2D eigenvalue weighted by Gasteiger charge is -2.23. The van der Waals surface area contributed by atoms with Crippen molar-refractivity contribution in [3.8, 4) is 0 Å². The van der Waals surface area contributed by atoms with E-state index in [2.05, 4.69) is 19.2 Å². The predicted molar refractivity (Wildman–Crippen MR) is 265 cm³/mol. The van der Waals surface area contributed by atoms with Crippen molar-refractivity contribution in [2.24, 2.45) is 0 Å². The van der Waals surface area contributed by atoms with Crippen molar-refractivity contribution in [1.82, 2.24) is 5.32 Å². The van der Waals surface area contributed by atoms with Crippen molar-refractivity contribution in [1.29, 1.82) is 0 Å². The average Bonchev–Trinajstić information content (AvgIpc) is 3.28. The second-order valence-corrected chi connectivity index (χ2v) is 19.4. The number of ether oxygens (including phenoxy) is 5. The number of esters is 4. The molecule has 0 aromatic heterocycles. The Bertz CT molecular complexity index is 1360. The van der Waals surface area contributed by atoms with Gasteiger partial charge < -0.3 is 29.0 Å². The van der Waals surface area contributed by atoms with Crippen molar-refractivity contribution >= 4 is 30.0 Å². The number of amides is 1. The first-order chi connectivity index (χ1) is 31.9. The molecule has 0 saturated heterocycles. The summed E-state index contributed by atoms with van der Waals surface area (Å²) in [6.45, 7) is 8.82. The third-order valence-corrected chi connectivity index (χ3v) is 11.7. The number of hydrogen-bond donors (Lipinski definition) is 1. The van der Waals surface area contributed by atoms with Crippen LogP contribution in [0.5, 0.6) is 0 Å². The molecular weight excluding hydrogens is 835 g/mol. The molecule has 0 fully saturated rings. The molecule has 0 aliphatic carbocycles. The van der Waals surface area contributed by atoms with Gasteiger partial charge in [0.05, 0.1) is 6.42 Å². The lowest BCUT2D eigenvalue weighted by molar-refractivity contribution is -0.167. The number of benzene rings is 1. The van der Waals surface area contributed by atoms with Gasteiger partial charge in [0.25, 0.3) is 0 Å². The van der Waals surface area contributed by atoms with Crippen LogP contribution >= 0.6 is 0 Å². The molecule has 11 nitrogen and oxygen atoms in total. The maximum absolute atomic E-state index is 13.2. The molecule has 0 aliphatic rings. The Morgan fingerprint density at radius 1 is 0.485 bits per heavy atom. The normalized spacial score (nSPS) is 12.3. The van der Waals surface area contributed by atoms with Crippen LogP contribution in [0.1, 0.15) is 252 Å². The second kappa shape index (κ2) is 41.5. The largest absolute Gasteiger partial charge is 0.462 e. The van der Waals surface area contributed by atoms with Crippen LogP contribution < -0.4 is 5.32 Å². The van der Waals surface area contributed by atoms with Crippen LogP contribution in [0.3, 0.4) is 0 Å². The van der Waals surface area contributed by atoms with Gasteiger partial charge in [-0.05, 0) is 39.2 Å². The van der Waals surface area contributed by atoms with Crippen LogP contribution in [0.4, 0.5) is 4.79 Å². The van der Waals surface area contributed by atoms with Crippen LogP contribution in [0.25, 0.3) is 0 Å². The molecule has 0 aliphatic heterocycles. The Morgan fingerprint density at radius 3 is 1.27 bits per heavy atom. The molecular formula is C55H95NO10. The Labute approximate surface area is 401 Å². The fourth-order valence-electron chi connectivity index (χ4n) is 7.78. The summed E-state index contributed by atoms with van der Waals surface area (Å²) in [5.41, 5.74) is -0.122. The van der Waals surface area contributed by atoms with E-state index in [-0.39, 0.29) is 26.1 Å². The standard InChI is InChI=1S/C55H95NO10/c1-6-8-10-12-14-16-18-20-22-24-26-28-30-32-37-41-50(57)62-45-48(65-51(58)42-38-33-31-29-27-25-23-21-19-17-15-13-11-9-7-2)46-63-52(59)43-49(56-54(61)66-55(3,4)5)53(60)64-44-47-39-35-34-36-40-47/h34-36,39-40,48-49H,6-33,37-38,41-46H2,1-5H3,(H,56,61). The summed E-state index contributed by atoms with van der Waals surface area (Å²) in [5.74, 6) is -2.55. The van der Waals surface area contributed by atoms with E-state index in [4.69, 9.17) is 23.7 Å². The smallest absolute Gasteiger partial charge is 0.408 e. The summed E-state index contributed by atoms with van der Waals surface area (Å²) in [5, 5.41) is 2.42. The van der Waals surface area contributed by atoms with Gasteiger partial charge in [0.15, 0.2) is 6.10 Å². The molecule has 1 N–H and O–H groups in total. The summed E-state index contributed by atoms with van der Waals surface area (Å²) >= 11 is 0. The number of hydrogen-bond acceptors (Lipinski definition) is 10. The second-order valence-electron chi connectivity index (χ2n) is 19.4. The lowest BCUT2D eigenvalue weighted by atomic mass is 10.0. The van der Waals surface area contributed by atoms with Crippen molar-refractivity contribution in [3.63, 3.8) is 0 Å². The van der Waals surface area contributed by atoms with Gasteiger partial charge in [-0.2, -0.15) is 0 Å². The average molecular weight is 930 g/mol. The Kier molecular flexibility index (Phi) is 38.0. The van der Waals surface area contributed by atoms with Gasteiger partial charge in [-0.25, -0.2) is 9.59 Å². The summed E-state index contributed by atoms with van der Waals surface area (Å²) < 4.78 is 27.4. The summed E-state index contributed by atoms with van der Waals surface area (Å²) in [7, 11) is 0. The quantitative estimate of drug-likeness (QED) is 0.0382. The predicted octanol–water partition coefficient (Wildman–Crippen LogP) is 14.5. The molecule has 0 bridgehead atoms. The van der Waals surface area contributed by atoms with Gasteiger partial charge in [-0.1, -0.05) is 224 Å². The van der Waals surface area contributed by atoms with E-state index >= 15 is 0 Å². The highest BCUT2D eigenvalue weighted by Crippen LogP contribution is 2.17. The van der Waals surface area contributed by atoms with E-state index in [0.717, 1.165) is 44.1 Å². The Hall–Kier alpha value is -3.63. The van der Waals surface area contributed by atoms with Crippen LogP contribution in [0, 0.1) is 0 Å². The van der Waals surface area contributed by atoms with Crippen LogP contribution in [0.15, 0.2) is 30.3 Å². The number of alkyl carbamates (subject to hydrolysis) is 1.